The Morgan fingerprint density at radius 3 is 2.58 bits per heavy atom. The molecule has 4 rings (SSSR count). The Hall–Kier alpha value is -1.97. The van der Waals surface area contributed by atoms with Crippen LogP contribution in [-0.4, -0.2) is 56.1 Å². The van der Waals surface area contributed by atoms with Gasteiger partial charge in [0, 0.05) is 45.6 Å². The predicted molar refractivity (Wildman–Crippen MR) is 131 cm³/mol. The number of halogens is 1. The lowest BCUT2D eigenvalue weighted by Gasteiger charge is -2.28. The number of morpholine rings is 1. The Kier molecular flexibility index (Phi) is 6.37. The van der Waals surface area contributed by atoms with Gasteiger partial charge in [0.25, 0.3) is 5.91 Å². The zero-order chi connectivity index (χ0) is 22.2. The van der Waals surface area contributed by atoms with Crippen LogP contribution in [0.15, 0.2) is 36.4 Å². The normalized spacial score (nSPS) is 18.0. The molecule has 7 heteroatoms. The summed E-state index contributed by atoms with van der Waals surface area (Å²) in [6.45, 7) is 10.3. The molecule has 0 spiro atoms. The first-order chi connectivity index (χ1) is 14.7. The number of anilines is 2. The molecular weight excluding hydrogens is 505 g/mol. The molecule has 0 unspecified atom stereocenters. The summed E-state index contributed by atoms with van der Waals surface area (Å²) >= 11 is 2.24. The van der Waals surface area contributed by atoms with Crippen LogP contribution in [0.2, 0.25) is 0 Å². The van der Waals surface area contributed by atoms with Crippen molar-refractivity contribution in [3.8, 4) is 0 Å². The van der Waals surface area contributed by atoms with E-state index < -0.39 is 0 Å². The third kappa shape index (κ3) is 4.78. The maximum atomic E-state index is 13.1. The number of hydrogen-bond acceptors (Lipinski definition) is 4. The van der Waals surface area contributed by atoms with Crippen LogP contribution in [0.3, 0.4) is 0 Å². The van der Waals surface area contributed by atoms with Crippen LogP contribution >= 0.6 is 22.6 Å². The summed E-state index contributed by atoms with van der Waals surface area (Å²) in [4.78, 5) is 29.9. The molecule has 2 heterocycles. The largest absolute Gasteiger partial charge is 0.379 e. The minimum Gasteiger partial charge on any atom is -0.379 e. The summed E-state index contributed by atoms with van der Waals surface area (Å²) in [5.74, 6) is -0.0633. The molecule has 31 heavy (non-hydrogen) atoms. The lowest BCUT2D eigenvalue weighted by molar-refractivity contribution is -0.120. The van der Waals surface area contributed by atoms with Gasteiger partial charge in [0.05, 0.1) is 19.8 Å². The first-order valence-electron chi connectivity index (χ1n) is 10.6. The van der Waals surface area contributed by atoms with Crippen molar-refractivity contribution in [1.29, 1.82) is 0 Å². The molecule has 0 aromatic heterocycles. The monoisotopic (exact) mass is 533 g/mol. The second-order valence-electron chi connectivity index (χ2n) is 8.90. The number of ether oxygens (including phenoxy) is 1. The van der Waals surface area contributed by atoms with Crippen LogP contribution in [0.5, 0.6) is 0 Å². The van der Waals surface area contributed by atoms with E-state index in [1.807, 2.05) is 48.2 Å². The highest BCUT2D eigenvalue weighted by atomic mass is 127. The Morgan fingerprint density at radius 1 is 1.13 bits per heavy atom. The Labute approximate surface area is 197 Å². The number of hydrogen-bond donors (Lipinski definition) is 1. The number of aryl methyl sites for hydroxylation is 1. The number of benzene rings is 2. The van der Waals surface area contributed by atoms with Crippen LogP contribution < -0.4 is 10.2 Å². The van der Waals surface area contributed by atoms with Crippen molar-refractivity contribution in [3.63, 3.8) is 0 Å². The Balaban J connectivity index is 1.55. The van der Waals surface area contributed by atoms with Crippen LogP contribution in [0, 0.1) is 10.5 Å². The fourth-order valence-corrected chi connectivity index (χ4v) is 4.68. The zero-order valence-corrected chi connectivity index (χ0v) is 20.4. The lowest BCUT2D eigenvalue weighted by atomic mass is 9.87. The molecule has 6 nitrogen and oxygen atoms in total. The summed E-state index contributed by atoms with van der Waals surface area (Å²) in [5.41, 5.74) is 4.35. The molecule has 164 valence electrons. The first kappa shape index (κ1) is 22.2. The van der Waals surface area contributed by atoms with Crippen molar-refractivity contribution in [2.45, 2.75) is 26.2 Å². The molecule has 1 saturated heterocycles. The predicted octanol–water partition coefficient (Wildman–Crippen LogP) is 3.81. The molecule has 0 bridgehead atoms. The van der Waals surface area contributed by atoms with E-state index in [1.54, 1.807) is 0 Å². The van der Waals surface area contributed by atoms with Gasteiger partial charge >= 0.3 is 0 Å². The highest BCUT2D eigenvalue weighted by molar-refractivity contribution is 14.1. The van der Waals surface area contributed by atoms with E-state index >= 15 is 0 Å². The van der Waals surface area contributed by atoms with Gasteiger partial charge < -0.3 is 15.0 Å². The van der Waals surface area contributed by atoms with Crippen LogP contribution in [0.4, 0.5) is 11.4 Å². The minimum absolute atomic E-state index is 0.0882. The smallest absolute Gasteiger partial charge is 0.255 e. The van der Waals surface area contributed by atoms with E-state index in [-0.39, 0.29) is 17.2 Å². The molecule has 1 N–H and O–H groups in total. The number of carbonyl (C=O) groups excluding carboxylic acids is 2. The fraction of sp³-hybridized carbons (Fsp3) is 0.417. The Bertz CT molecular complexity index is 1020. The molecule has 2 aliphatic heterocycles. The first-order valence-corrected chi connectivity index (χ1v) is 11.6. The van der Waals surface area contributed by atoms with Crippen molar-refractivity contribution in [1.82, 2.24) is 4.90 Å². The van der Waals surface area contributed by atoms with Gasteiger partial charge in [-0.1, -0.05) is 26.0 Å². The second-order valence-corrected chi connectivity index (χ2v) is 10.1. The minimum atomic E-state index is -0.152. The number of fused-ring (bicyclic) bond motifs is 1. The van der Waals surface area contributed by atoms with Crippen LogP contribution in [0.1, 0.15) is 35.3 Å². The van der Waals surface area contributed by atoms with Crippen LogP contribution in [-0.2, 0) is 14.9 Å². The lowest BCUT2D eigenvalue weighted by Crippen LogP contribution is -2.45. The van der Waals surface area contributed by atoms with Gasteiger partial charge in [-0.25, -0.2) is 0 Å². The number of nitrogens with one attached hydrogen (secondary N) is 1. The van der Waals surface area contributed by atoms with Gasteiger partial charge in [-0.15, -0.1) is 0 Å². The van der Waals surface area contributed by atoms with Crippen LogP contribution in [0.25, 0.3) is 0 Å². The number of carbonyl (C=O) groups is 2. The second kappa shape index (κ2) is 8.88. The Morgan fingerprint density at radius 2 is 1.87 bits per heavy atom. The maximum absolute atomic E-state index is 13.1. The van der Waals surface area contributed by atoms with Crippen molar-refractivity contribution in [3.05, 3.63) is 56.7 Å². The van der Waals surface area contributed by atoms with Gasteiger partial charge in [0.1, 0.15) is 0 Å². The molecule has 2 aliphatic rings. The third-order valence-electron chi connectivity index (χ3n) is 6.03. The quantitative estimate of drug-likeness (QED) is 0.608. The molecule has 1 fully saturated rings. The highest BCUT2D eigenvalue weighted by Gasteiger charge is 2.38. The van der Waals surface area contributed by atoms with Crippen molar-refractivity contribution in [2.24, 2.45) is 0 Å². The molecule has 2 aromatic rings. The highest BCUT2D eigenvalue weighted by Crippen LogP contribution is 2.42. The van der Waals surface area contributed by atoms with E-state index in [1.165, 1.54) is 0 Å². The maximum Gasteiger partial charge on any atom is 0.255 e. The van der Waals surface area contributed by atoms with Gasteiger partial charge in [0.15, 0.2) is 0 Å². The third-order valence-corrected chi connectivity index (χ3v) is 7.19. The van der Waals surface area contributed by atoms with Gasteiger partial charge in [-0.05, 0) is 64.9 Å². The molecule has 2 amide bonds. The van der Waals surface area contributed by atoms with Gasteiger partial charge in [0.2, 0.25) is 5.91 Å². The molecular formula is C24H28IN3O3. The van der Waals surface area contributed by atoms with Gasteiger partial charge in [-0.2, -0.15) is 0 Å². The SMILES string of the molecule is Cc1ccc(C(=O)Nc2ccc3c(c2)N(C(=O)CN2CCOCC2)CC3(C)C)cc1I. The average molecular weight is 533 g/mol. The molecule has 0 radical (unpaired) electrons. The van der Waals surface area contributed by atoms with E-state index in [9.17, 15) is 9.59 Å². The summed E-state index contributed by atoms with van der Waals surface area (Å²) in [7, 11) is 0. The van der Waals surface area contributed by atoms with Crippen molar-refractivity contribution in [2.75, 3.05) is 49.6 Å². The summed E-state index contributed by atoms with van der Waals surface area (Å²) in [6, 6.07) is 11.6. The average Bonchev–Trinajstić information content (AvgIpc) is 3.01. The number of amides is 2. The van der Waals surface area contributed by atoms with E-state index in [0.717, 1.165) is 33.5 Å². The number of nitrogens with zero attached hydrogens (tertiary/aromatic N) is 2. The fourth-order valence-electron chi connectivity index (χ4n) is 4.17. The zero-order valence-electron chi connectivity index (χ0n) is 18.2. The molecule has 0 atom stereocenters. The topological polar surface area (TPSA) is 61.9 Å². The van der Waals surface area contributed by atoms with Crippen molar-refractivity contribution >= 4 is 45.8 Å². The van der Waals surface area contributed by atoms with Gasteiger partial charge in [-0.3, -0.25) is 14.5 Å². The van der Waals surface area contributed by atoms with E-state index in [0.29, 0.717) is 37.6 Å². The molecule has 2 aromatic carbocycles. The summed E-state index contributed by atoms with van der Waals surface area (Å²) in [6.07, 6.45) is 0. The summed E-state index contributed by atoms with van der Waals surface area (Å²) in [5, 5.41) is 3.00. The molecule has 0 saturated carbocycles. The standard InChI is InChI=1S/C24H28IN3O3/c1-16-4-5-17(12-20(16)25)23(30)26-18-6-7-19-21(13-18)28(15-24(19,2)3)22(29)14-27-8-10-31-11-9-27/h4-7,12-13H,8-11,14-15H2,1-3H3,(H,26,30). The van der Waals surface area contributed by atoms with E-state index in [2.05, 4.69) is 46.7 Å². The van der Waals surface area contributed by atoms with E-state index in [4.69, 9.17) is 4.74 Å². The number of rotatable bonds is 4. The summed E-state index contributed by atoms with van der Waals surface area (Å²) < 4.78 is 6.45. The molecule has 0 aliphatic carbocycles. The van der Waals surface area contributed by atoms with Crippen molar-refractivity contribution < 1.29 is 14.3 Å².